The van der Waals surface area contributed by atoms with E-state index in [-0.39, 0.29) is 11.2 Å². The van der Waals surface area contributed by atoms with Crippen molar-refractivity contribution in [3.05, 3.63) is 65.6 Å². The monoisotopic (exact) mass is 422 g/mol. The number of benzene rings is 2. The minimum Gasteiger partial charge on any atom is -0.477 e. The summed E-state index contributed by atoms with van der Waals surface area (Å²) in [5, 5.41) is 22.1. The molecule has 2 aromatic carbocycles. The number of hydrogen-bond acceptors (Lipinski definition) is 7. The summed E-state index contributed by atoms with van der Waals surface area (Å²) >= 11 is 7.55. The van der Waals surface area contributed by atoms with Crippen LogP contribution in [0.25, 0.3) is 27.3 Å². The molecule has 0 atom stereocenters. The van der Waals surface area contributed by atoms with Gasteiger partial charge in [0, 0.05) is 22.5 Å². The zero-order valence-corrected chi connectivity index (χ0v) is 16.1. The van der Waals surface area contributed by atoms with Gasteiger partial charge in [0.05, 0.1) is 10.2 Å². The quantitative estimate of drug-likeness (QED) is 0.439. The summed E-state index contributed by atoms with van der Waals surface area (Å²) in [4.78, 5) is 19.8. The first-order chi connectivity index (χ1) is 14.1. The van der Waals surface area contributed by atoms with Crippen LogP contribution >= 0.6 is 22.9 Å². The molecule has 5 rings (SSSR count). The molecule has 2 N–H and O–H groups in total. The SMILES string of the molecule is O=C(O)c1cncn2c(-c3ccc(Nc4nc5ccc(Cl)cc5s4)cc3)nnc12. The highest BCUT2D eigenvalue weighted by molar-refractivity contribution is 7.22. The van der Waals surface area contributed by atoms with Crippen LogP contribution in [0.1, 0.15) is 10.4 Å². The standard InChI is InChI=1S/C19H11ClN6O2S/c20-11-3-6-14-15(7-11)29-19(23-14)22-12-4-1-10(2-5-12)16-24-25-17-13(18(27)28)8-21-9-26(16)17/h1-9H,(H,22,23)(H,27,28). The van der Waals surface area contributed by atoms with Gasteiger partial charge >= 0.3 is 5.97 Å². The second kappa shape index (κ2) is 6.80. The van der Waals surface area contributed by atoms with Crippen molar-refractivity contribution in [1.82, 2.24) is 24.6 Å². The van der Waals surface area contributed by atoms with Crippen LogP contribution in [-0.4, -0.2) is 35.6 Å². The van der Waals surface area contributed by atoms with Crippen molar-refractivity contribution in [3.8, 4) is 11.4 Å². The summed E-state index contributed by atoms with van der Waals surface area (Å²) in [5.74, 6) is -0.588. The summed E-state index contributed by atoms with van der Waals surface area (Å²) in [6.07, 6.45) is 2.75. The van der Waals surface area contributed by atoms with Crippen molar-refractivity contribution in [2.45, 2.75) is 0 Å². The first kappa shape index (κ1) is 17.5. The van der Waals surface area contributed by atoms with E-state index in [1.165, 1.54) is 23.9 Å². The molecule has 0 aliphatic heterocycles. The predicted molar refractivity (Wildman–Crippen MR) is 111 cm³/mol. The Bertz CT molecular complexity index is 1380. The van der Waals surface area contributed by atoms with Crippen LogP contribution in [0.5, 0.6) is 0 Å². The molecule has 0 amide bonds. The topological polar surface area (TPSA) is 105 Å². The molecule has 0 saturated carbocycles. The molecule has 3 aromatic heterocycles. The fourth-order valence-corrected chi connectivity index (χ4v) is 4.10. The summed E-state index contributed by atoms with van der Waals surface area (Å²) in [6.45, 7) is 0. The zero-order chi connectivity index (χ0) is 20.0. The lowest BCUT2D eigenvalue weighted by Crippen LogP contribution is -2.02. The van der Waals surface area contributed by atoms with Gasteiger partial charge in [0.1, 0.15) is 11.9 Å². The van der Waals surface area contributed by atoms with Crippen molar-refractivity contribution in [2.75, 3.05) is 5.32 Å². The molecule has 142 valence electrons. The lowest BCUT2D eigenvalue weighted by molar-refractivity contribution is 0.0698. The summed E-state index contributed by atoms with van der Waals surface area (Å²) < 4.78 is 2.57. The fourth-order valence-electron chi connectivity index (χ4n) is 2.94. The van der Waals surface area contributed by atoms with E-state index in [2.05, 4.69) is 25.5 Å². The summed E-state index contributed by atoms with van der Waals surface area (Å²) in [5.41, 5.74) is 2.77. The Kier molecular flexibility index (Phi) is 4.11. The predicted octanol–water partition coefficient (Wildman–Crippen LogP) is 4.50. The molecule has 0 radical (unpaired) electrons. The van der Waals surface area contributed by atoms with Gasteiger partial charge < -0.3 is 10.4 Å². The zero-order valence-electron chi connectivity index (χ0n) is 14.6. The van der Waals surface area contributed by atoms with Crippen LogP contribution in [0.4, 0.5) is 10.8 Å². The molecule has 29 heavy (non-hydrogen) atoms. The average Bonchev–Trinajstić information content (AvgIpc) is 3.31. The lowest BCUT2D eigenvalue weighted by Gasteiger charge is -2.04. The third kappa shape index (κ3) is 3.16. The number of thiazole rings is 1. The van der Waals surface area contributed by atoms with Gasteiger partial charge in [0.2, 0.25) is 0 Å². The highest BCUT2D eigenvalue weighted by Gasteiger charge is 2.15. The van der Waals surface area contributed by atoms with Crippen molar-refractivity contribution in [2.24, 2.45) is 0 Å². The van der Waals surface area contributed by atoms with E-state index in [9.17, 15) is 9.90 Å². The Morgan fingerprint density at radius 3 is 2.76 bits per heavy atom. The lowest BCUT2D eigenvalue weighted by atomic mass is 10.2. The van der Waals surface area contributed by atoms with E-state index >= 15 is 0 Å². The number of aromatic nitrogens is 5. The Labute approximate surface area is 172 Å². The van der Waals surface area contributed by atoms with E-state index in [0.717, 1.165) is 26.6 Å². The maximum Gasteiger partial charge on any atom is 0.341 e. The number of carboxylic acid groups (broad SMARTS) is 1. The fraction of sp³-hybridized carbons (Fsp3) is 0. The van der Waals surface area contributed by atoms with Gasteiger partial charge in [-0.15, -0.1) is 10.2 Å². The molecule has 0 spiro atoms. The molecule has 0 unspecified atom stereocenters. The maximum absolute atomic E-state index is 11.3. The normalized spacial score (nSPS) is 11.2. The van der Waals surface area contributed by atoms with Gasteiger partial charge in [-0.2, -0.15) is 0 Å². The number of hydrogen-bond donors (Lipinski definition) is 2. The molecule has 0 bridgehead atoms. The Balaban J connectivity index is 1.45. The van der Waals surface area contributed by atoms with Crippen molar-refractivity contribution in [1.29, 1.82) is 0 Å². The van der Waals surface area contributed by atoms with E-state index in [4.69, 9.17) is 11.6 Å². The number of nitrogens with zero attached hydrogens (tertiary/aromatic N) is 5. The molecule has 5 aromatic rings. The summed E-state index contributed by atoms with van der Waals surface area (Å²) in [6, 6.07) is 13.1. The van der Waals surface area contributed by atoms with Crippen LogP contribution in [0.15, 0.2) is 55.0 Å². The van der Waals surface area contributed by atoms with Gasteiger partial charge in [0.15, 0.2) is 16.6 Å². The van der Waals surface area contributed by atoms with Crippen molar-refractivity contribution in [3.63, 3.8) is 0 Å². The second-order valence-corrected chi connectivity index (χ2v) is 7.63. The number of anilines is 2. The van der Waals surface area contributed by atoms with Gasteiger partial charge in [-0.3, -0.25) is 4.40 Å². The number of carboxylic acids is 1. The van der Waals surface area contributed by atoms with Crippen LogP contribution in [0.3, 0.4) is 0 Å². The molecule has 8 nitrogen and oxygen atoms in total. The number of aromatic carboxylic acids is 1. The number of carbonyl (C=O) groups is 1. The van der Waals surface area contributed by atoms with Crippen molar-refractivity contribution >= 4 is 55.6 Å². The molecule has 0 aliphatic carbocycles. The van der Waals surface area contributed by atoms with Gasteiger partial charge in [-0.05, 0) is 42.5 Å². The van der Waals surface area contributed by atoms with Gasteiger partial charge in [-0.25, -0.2) is 14.8 Å². The molecule has 0 fully saturated rings. The second-order valence-electron chi connectivity index (χ2n) is 6.16. The van der Waals surface area contributed by atoms with Gasteiger partial charge in [0.25, 0.3) is 0 Å². The Morgan fingerprint density at radius 2 is 1.97 bits per heavy atom. The third-order valence-electron chi connectivity index (χ3n) is 4.30. The minimum absolute atomic E-state index is 0.000441. The largest absolute Gasteiger partial charge is 0.477 e. The van der Waals surface area contributed by atoms with E-state index in [1.807, 2.05) is 42.5 Å². The van der Waals surface area contributed by atoms with Crippen LogP contribution in [-0.2, 0) is 0 Å². The molecule has 3 heterocycles. The number of fused-ring (bicyclic) bond motifs is 2. The van der Waals surface area contributed by atoms with Crippen molar-refractivity contribution < 1.29 is 9.90 Å². The molecular weight excluding hydrogens is 412 g/mol. The molecule has 10 heteroatoms. The maximum atomic E-state index is 11.3. The van der Waals surface area contributed by atoms with Crippen LogP contribution < -0.4 is 5.32 Å². The number of halogens is 1. The van der Waals surface area contributed by atoms with E-state index < -0.39 is 5.97 Å². The number of rotatable bonds is 4. The number of nitrogens with one attached hydrogen (secondary N) is 1. The Hall–Kier alpha value is -3.56. The Morgan fingerprint density at radius 1 is 1.14 bits per heavy atom. The van der Waals surface area contributed by atoms with Crippen LogP contribution in [0.2, 0.25) is 5.02 Å². The average molecular weight is 423 g/mol. The van der Waals surface area contributed by atoms with Crippen LogP contribution in [0, 0.1) is 0 Å². The first-order valence-corrected chi connectivity index (χ1v) is 9.63. The summed E-state index contributed by atoms with van der Waals surface area (Å²) in [7, 11) is 0. The third-order valence-corrected chi connectivity index (χ3v) is 5.47. The van der Waals surface area contributed by atoms with Gasteiger partial charge in [-0.1, -0.05) is 22.9 Å². The van der Waals surface area contributed by atoms with E-state index in [0.29, 0.717) is 10.8 Å². The van der Waals surface area contributed by atoms with E-state index in [1.54, 1.807) is 4.40 Å². The molecule has 0 aliphatic rings. The molecular formula is C19H11ClN6O2S. The minimum atomic E-state index is -1.10. The molecule has 0 saturated heterocycles. The smallest absolute Gasteiger partial charge is 0.341 e. The highest BCUT2D eigenvalue weighted by Crippen LogP contribution is 2.31. The first-order valence-electron chi connectivity index (χ1n) is 8.44. The highest BCUT2D eigenvalue weighted by atomic mass is 35.5.